The maximum absolute atomic E-state index is 12.6. The van der Waals surface area contributed by atoms with Crippen LogP contribution in [0.3, 0.4) is 0 Å². The predicted octanol–water partition coefficient (Wildman–Crippen LogP) is 1.67. The first kappa shape index (κ1) is 14.9. The van der Waals surface area contributed by atoms with E-state index < -0.39 is 12.2 Å². The van der Waals surface area contributed by atoms with Gasteiger partial charge in [0.1, 0.15) is 12.3 Å². The number of alkyl halides is 2. The second-order valence-corrected chi connectivity index (χ2v) is 4.56. The topological polar surface area (TPSA) is 91.5 Å². The van der Waals surface area contributed by atoms with Crippen molar-refractivity contribution in [3.8, 4) is 11.8 Å². The van der Waals surface area contributed by atoms with Gasteiger partial charge in [-0.15, -0.1) is 5.10 Å². The van der Waals surface area contributed by atoms with Crippen molar-refractivity contribution in [2.24, 2.45) is 0 Å². The first-order chi connectivity index (χ1) is 11.1. The summed E-state index contributed by atoms with van der Waals surface area (Å²) in [6, 6.07) is 1.67. The molecule has 0 saturated heterocycles. The molecule has 0 fully saturated rings. The Hall–Kier alpha value is -3.04. The summed E-state index contributed by atoms with van der Waals surface area (Å²) >= 11 is 0. The summed E-state index contributed by atoms with van der Waals surface area (Å²) in [5.41, 5.74) is 1.40. The minimum Gasteiger partial charge on any atom is -0.457 e. The predicted molar refractivity (Wildman–Crippen MR) is 73.0 cm³/mol. The number of halogens is 2. The third-order valence-corrected chi connectivity index (χ3v) is 2.74. The van der Waals surface area contributed by atoms with Crippen molar-refractivity contribution in [1.82, 2.24) is 34.9 Å². The van der Waals surface area contributed by atoms with Gasteiger partial charge in [-0.2, -0.15) is 0 Å². The van der Waals surface area contributed by atoms with Crippen molar-refractivity contribution in [3.63, 3.8) is 0 Å². The number of aromatic nitrogens is 7. The van der Waals surface area contributed by atoms with Crippen LogP contribution in [0.4, 0.5) is 8.78 Å². The molecule has 0 saturated carbocycles. The van der Waals surface area contributed by atoms with E-state index in [9.17, 15) is 8.78 Å². The molecular formula is C13H11F2N7O. The summed E-state index contributed by atoms with van der Waals surface area (Å²) in [4.78, 5) is 15.2. The van der Waals surface area contributed by atoms with Gasteiger partial charge >= 0.3 is 6.01 Å². The van der Waals surface area contributed by atoms with E-state index in [1.165, 1.54) is 23.1 Å². The molecule has 3 heterocycles. The first-order valence-electron chi connectivity index (χ1n) is 6.56. The summed E-state index contributed by atoms with van der Waals surface area (Å²) in [5.74, 6) is -0.371. The van der Waals surface area contributed by atoms with E-state index in [0.717, 1.165) is 5.56 Å². The van der Waals surface area contributed by atoms with Crippen molar-refractivity contribution in [2.45, 2.75) is 20.0 Å². The van der Waals surface area contributed by atoms with Gasteiger partial charge in [0.2, 0.25) is 0 Å². The van der Waals surface area contributed by atoms with Crippen LogP contribution < -0.4 is 4.74 Å². The molecule has 118 valence electrons. The summed E-state index contributed by atoms with van der Waals surface area (Å²) in [5, 5.41) is 7.71. The van der Waals surface area contributed by atoms with Crippen molar-refractivity contribution in [3.05, 3.63) is 47.9 Å². The summed E-state index contributed by atoms with van der Waals surface area (Å²) in [6.07, 6.45) is 3.27. The summed E-state index contributed by atoms with van der Waals surface area (Å²) < 4.78 is 31.8. The average molecular weight is 319 g/mol. The monoisotopic (exact) mass is 319 g/mol. The Morgan fingerprint density at radius 3 is 2.74 bits per heavy atom. The lowest BCUT2D eigenvalue weighted by Gasteiger charge is -2.02. The molecule has 0 radical (unpaired) electrons. The third kappa shape index (κ3) is 3.59. The van der Waals surface area contributed by atoms with Crippen LogP contribution in [0.5, 0.6) is 6.01 Å². The zero-order valence-corrected chi connectivity index (χ0v) is 12.0. The molecule has 0 unspecified atom stereocenters. The van der Waals surface area contributed by atoms with Gasteiger partial charge in [0.05, 0.1) is 6.20 Å². The highest BCUT2D eigenvalue weighted by atomic mass is 19.3. The number of nitrogens with zero attached hydrogens (tertiary/aromatic N) is 7. The van der Waals surface area contributed by atoms with Crippen LogP contribution >= 0.6 is 0 Å². The molecule has 0 amide bonds. The van der Waals surface area contributed by atoms with Gasteiger partial charge in [-0.3, -0.25) is 0 Å². The zero-order valence-electron chi connectivity index (χ0n) is 12.0. The number of ether oxygens (including phenoxy) is 1. The van der Waals surface area contributed by atoms with Gasteiger partial charge in [0.25, 0.3) is 6.43 Å². The van der Waals surface area contributed by atoms with E-state index >= 15 is 0 Å². The van der Waals surface area contributed by atoms with Crippen LogP contribution in [0.15, 0.2) is 30.9 Å². The molecular weight excluding hydrogens is 308 g/mol. The molecule has 0 aromatic carbocycles. The van der Waals surface area contributed by atoms with E-state index in [4.69, 9.17) is 4.74 Å². The third-order valence-electron chi connectivity index (χ3n) is 2.74. The molecule has 3 rings (SSSR count). The Morgan fingerprint density at radius 1 is 1.22 bits per heavy atom. The molecule has 3 aromatic heterocycles. The van der Waals surface area contributed by atoms with E-state index in [1.54, 1.807) is 12.4 Å². The normalized spacial score (nSPS) is 11.0. The number of hydrogen-bond donors (Lipinski definition) is 0. The SMILES string of the molecule is Cc1cnc(OCc2cn(-c3ccnc(C(F)F)n3)nn2)nc1. The van der Waals surface area contributed by atoms with Gasteiger partial charge in [0.15, 0.2) is 11.6 Å². The van der Waals surface area contributed by atoms with Crippen LogP contribution in [0.2, 0.25) is 0 Å². The minimum atomic E-state index is -2.75. The lowest BCUT2D eigenvalue weighted by atomic mass is 10.4. The largest absolute Gasteiger partial charge is 0.457 e. The van der Waals surface area contributed by atoms with Crippen molar-refractivity contribution >= 4 is 0 Å². The molecule has 0 aliphatic carbocycles. The molecule has 0 aliphatic heterocycles. The zero-order chi connectivity index (χ0) is 16.2. The van der Waals surface area contributed by atoms with Crippen molar-refractivity contribution in [2.75, 3.05) is 0 Å². The highest BCUT2D eigenvalue weighted by Crippen LogP contribution is 2.14. The summed E-state index contributed by atoms with van der Waals surface area (Å²) in [6.45, 7) is 1.96. The van der Waals surface area contributed by atoms with Crippen LogP contribution in [-0.4, -0.2) is 34.9 Å². The number of rotatable bonds is 5. The molecule has 0 N–H and O–H groups in total. The fraction of sp³-hybridized carbons (Fsp3) is 0.231. The van der Waals surface area contributed by atoms with Crippen LogP contribution in [0.1, 0.15) is 23.5 Å². The van der Waals surface area contributed by atoms with Crippen LogP contribution in [0, 0.1) is 6.92 Å². The Kier molecular flexibility index (Phi) is 4.13. The second kappa shape index (κ2) is 6.38. The molecule has 0 bridgehead atoms. The lowest BCUT2D eigenvalue weighted by Crippen LogP contribution is -2.03. The Labute approximate surface area is 129 Å². The van der Waals surface area contributed by atoms with Crippen molar-refractivity contribution in [1.29, 1.82) is 0 Å². The van der Waals surface area contributed by atoms with Gasteiger partial charge in [-0.05, 0) is 12.5 Å². The molecule has 0 atom stereocenters. The fourth-order valence-corrected chi connectivity index (χ4v) is 1.67. The molecule has 0 spiro atoms. The standard InChI is InChI=1S/C13H11F2N7O/c1-8-4-17-13(18-5-8)23-7-9-6-22(21-20-9)10-2-3-16-12(19-10)11(14)15/h2-6,11H,7H2,1H3. The fourth-order valence-electron chi connectivity index (χ4n) is 1.67. The molecule has 3 aromatic rings. The number of hydrogen-bond acceptors (Lipinski definition) is 7. The van der Waals surface area contributed by atoms with Crippen LogP contribution in [0.25, 0.3) is 5.82 Å². The Bertz CT molecular complexity index is 791. The van der Waals surface area contributed by atoms with Gasteiger partial charge in [-0.25, -0.2) is 33.4 Å². The second-order valence-electron chi connectivity index (χ2n) is 4.56. The van der Waals surface area contributed by atoms with Crippen LogP contribution in [-0.2, 0) is 6.61 Å². The highest BCUT2D eigenvalue weighted by molar-refractivity contribution is 5.20. The molecule has 0 aliphatic rings. The Morgan fingerprint density at radius 2 is 2.00 bits per heavy atom. The van der Waals surface area contributed by atoms with E-state index in [1.807, 2.05) is 6.92 Å². The molecule has 10 heteroatoms. The quantitative estimate of drug-likeness (QED) is 0.706. The van der Waals surface area contributed by atoms with Gasteiger partial charge in [-0.1, -0.05) is 5.21 Å². The van der Waals surface area contributed by atoms with E-state index in [0.29, 0.717) is 5.69 Å². The lowest BCUT2D eigenvalue weighted by molar-refractivity contribution is 0.140. The van der Waals surface area contributed by atoms with E-state index in [2.05, 4.69) is 30.2 Å². The maximum atomic E-state index is 12.6. The highest BCUT2D eigenvalue weighted by Gasteiger charge is 2.12. The number of aryl methyl sites for hydroxylation is 1. The Balaban J connectivity index is 1.70. The first-order valence-corrected chi connectivity index (χ1v) is 6.56. The van der Waals surface area contributed by atoms with Gasteiger partial charge in [0, 0.05) is 24.7 Å². The summed E-state index contributed by atoms with van der Waals surface area (Å²) in [7, 11) is 0. The van der Waals surface area contributed by atoms with Crippen molar-refractivity contribution < 1.29 is 13.5 Å². The molecule has 8 nitrogen and oxygen atoms in total. The van der Waals surface area contributed by atoms with Gasteiger partial charge < -0.3 is 4.74 Å². The smallest absolute Gasteiger partial charge is 0.316 e. The maximum Gasteiger partial charge on any atom is 0.316 e. The molecule has 23 heavy (non-hydrogen) atoms. The van der Waals surface area contributed by atoms with E-state index in [-0.39, 0.29) is 18.4 Å². The average Bonchev–Trinajstić information content (AvgIpc) is 3.03. The minimum absolute atomic E-state index is 0.0931.